The maximum atomic E-state index is 12.9. The van der Waals surface area contributed by atoms with Gasteiger partial charge in [0, 0.05) is 20.2 Å². The van der Waals surface area contributed by atoms with Gasteiger partial charge in [0.15, 0.2) is 0 Å². The standard InChI is InChI=1S/C13H17FN2O2/c1-16(9-10-5-2-3-8-18-10)13(17)11-6-4-7-12(14)15-11/h4,6-7,10H,2-3,5,8-9H2,1H3. The molecule has 0 saturated carbocycles. The maximum absolute atomic E-state index is 12.9. The number of hydrogen-bond donors (Lipinski definition) is 0. The van der Waals surface area contributed by atoms with Crippen LogP contribution < -0.4 is 0 Å². The smallest absolute Gasteiger partial charge is 0.272 e. The van der Waals surface area contributed by atoms with Gasteiger partial charge in [-0.05, 0) is 31.4 Å². The minimum Gasteiger partial charge on any atom is -0.376 e. The molecule has 0 aromatic carbocycles. The van der Waals surface area contributed by atoms with Crippen molar-refractivity contribution in [1.29, 1.82) is 0 Å². The Balaban J connectivity index is 1.95. The first-order valence-electron chi connectivity index (χ1n) is 6.16. The molecule has 5 heteroatoms. The first kappa shape index (κ1) is 13.0. The Morgan fingerprint density at radius 3 is 3.06 bits per heavy atom. The van der Waals surface area contributed by atoms with Crippen LogP contribution >= 0.6 is 0 Å². The van der Waals surface area contributed by atoms with Crippen LogP contribution in [-0.2, 0) is 4.74 Å². The highest BCUT2D eigenvalue weighted by molar-refractivity contribution is 5.92. The largest absolute Gasteiger partial charge is 0.376 e. The molecule has 0 radical (unpaired) electrons. The van der Waals surface area contributed by atoms with E-state index in [-0.39, 0.29) is 17.7 Å². The summed E-state index contributed by atoms with van der Waals surface area (Å²) in [5, 5.41) is 0. The highest BCUT2D eigenvalue weighted by Crippen LogP contribution is 2.14. The van der Waals surface area contributed by atoms with Crippen LogP contribution in [0.1, 0.15) is 29.8 Å². The Kier molecular flexibility index (Phi) is 4.25. The SMILES string of the molecule is CN(CC1CCCCO1)C(=O)c1cccc(F)n1. The predicted molar refractivity (Wildman–Crippen MR) is 64.7 cm³/mol. The molecule has 98 valence electrons. The molecular weight excluding hydrogens is 235 g/mol. The van der Waals surface area contributed by atoms with Crippen molar-refractivity contribution in [1.82, 2.24) is 9.88 Å². The minimum atomic E-state index is -0.636. The normalized spacial score (nSPS) is 19.6. The lowest BCUT2D eigenvalue weighted by Gasteiger charge is -2.27. The van der Waals surface area contributed by atoms with Crippen molar-refractivity contribution >= 4 is 5.91 Å². The van der Waals surface area contributed by atoms with Crippen LogP contribution in [0.15, 0.2) is 18.2 Å². The lowest BCUT2D eigenvalue weighted by molar-refractivity contribution is -0.000305. The third kappa shape index (κ3) is 3.26. The highest BCUT2D eigenvalue weighted by atomic mass is 19.1. The second-order valence-corrected chi connectivity index (χ2v) is 4.52. The first-order chi connectivity index (χ1) is 8.66. The van der Waals surface area contributed by atoms with Crippen molar-refractivity contribution in [3.05, 3.63) is 29.8 Å². The van der Waals surface area contributed by atoms with Crippen molar-refractivity contribution in [2.24, 2.45) is 0 Å². The Hall–Kier alpha value is -1.49. The van der Waals surface area contributed by atoms with Crippen molar-refractivity contribution in [3.63, 3.8) is 0 Å². The molecule has 1 aromatic rings. The minimum absolute atomic E-state index is 0.0845. The monoisotopic (exact) mass is 252 g/mol. The molecule has 1 aliphatic rings. The highest BCUT2D eigenvalue weighted by Gasteiger charge is 2.20. The molecule has 1 amide bonds. The van der Waals surface area contributed by atoms with Gasteiger partial charge in [-0.3, -0.25) is 4.79 Å². The molecule has 1 aromatic heterocycles. The summed E-state index contributed by atoms with van der Waals surface area (Å²) in [7, 11) is 1.69. The van der Waals surface area contributed by atoms with E-state index in [4.69, 9.17) is 4.74 Å². The summed E-state index contributed by atoms with van der Waals surface area (Å²) in [6.45, 7) is 1.28. The van der Waals surface area contributed by atoms with Crippen LogP contribution in [0.4, 0.5) is 4.39 Å². The van der Waals surface area contributed by atoms with Crippen LogP contribution in [0.5, 0.6) is 0 Å². The number of ether oxygens (including phenoxy) is 1. The molecule has 1 fully saturated rings. The van der Waals surface area contributed by atoms with Gasteiger partial charge < -0.3 is 9.64 Å². The Labute approximate surface area is 106 Å². The number of carbonyl (C=O) groups is 1. The second-order valence-electron chi connectivity index (χ2n) is 4.52. The van der Waals surface area contributed by atoms with Crippen LogP contribution in [0, 0.1) is 5.95 Å². The number of rotatable bonds is 3. The summed E-state index contributed by atoms with van der Waals surface area (Å²) in [6, 6.07) is 4.23. The summed E-state index contributed by atoms with van der Waals surface area (Å²) >= 11 is 0. The van der Waals surface area contributed by atoms with Crippen LogP contribution in [0.25, 0.3) is 0 Å². The zero-order valence-electron chi connectivity index (χ0n) is 10.4. The van der Waals surface area contributed by atoms with Crippen molar-refractivity contribution in [2.75, 3.05) is 20.2 Å². The second kappa shape index (κ2) is 5.91. The van der Waals surface area contributed by atoms with Gasteiger partial charge in [0.05, 0.1) is 6.10 Å². The molecule has 1 aliphatic heterocycles. The molecule has 1 saturated heterocycles. The molecule has 2 rings (SSSR count). The molecule has 0 aliphatic carbocycles. The van der Waals surface area contributed by atoms with Gasteiger partial charge in [0.25, 0.3) is 5.91 Å². The lowest BCUT2D eigenvalue weighted by atomic mass is 10.1. The fourth-order valence-corrected chi connectivity index (χ4v) is 2.06. The molecule has 18 heavy (non-hydrogen) atoms. The summed E-state index contributed by atoms with van der Waals surface area (Å²) in [5.41, 5.74) is 0.133. The molecule has 2 heterocycles. The molecular formula is C13H17FN2O2. The fraction of sp³-hybridized carbons (Fsp3) is 0.538. The number of carbonyl (C=O) groups excluding carboxylic acids is 1. The van der Waals surface area contributed by atoms with Gasteiger partial charge >= 0.3 is 0 Å². The number of pyridine rings is 1. The van der Waals surface area contributed by atoms with E-state index in [1.165, 1.54) is 23.1 Å². The van der Waals surface area contributed by atoms with E-state index in [0.29, 0.717) is 6.54 Å². The summed E-state index contributed by atoms with van der Waals surface area (Å²) in [6.07, 6.45) is 3.26. The molecule has 1 atom stereocenters. The van der Waals surface area contributed by atoms with Crippen LogP contribution in [0.3, 0.4) is 0 Å². The molecule has 4 nitrogen and oxygen atoms in total. The summed E-state index contributed by atoms with van der Waals surface area (Å²) < 4.78 is 18.5. The number of aromatic nitrogens is 1. The fourth-order valence-electron chi connectivity index (χ4n) is 2.06. The van der Waals surface area contributed by atoms with E-state index < -0.39 is 5.95 Å². The van der Waals surface area contributed by atoms with Crippen molar-refractivity contribution in [2.45, 2.75) is 25.4 Å². The van der Waals surface area contributed by atoms with E-state index in [0.717, 1.165) is 25.9 Å². The Bertz CT molecular complexity index is 419. The van der Waals surface area contributed by atoms with Gasteiger partial charge in [-0.2, -0.15) is 4.39 Å². The van der Waals surface area contributed by atoms with Gasteiger partial charge in [0.1, 0.15) is 5.69 Å². The number of nitrogens with zero attached hydrogens (tertiary/aromatic N) is 2. The Morgan fingerprint density at radius 1 is 1.56 bits per heavy atom. The van der Waals surface area contributed by atoms with E-state index in [9.17, 15) is 9.18 Å². The maximum Gasteiger partial charge on any atom is 0.272 e. The van der Waals surface area contributed by atoms with Crippen LogP contribution in [-0.4, -0.2) is 42.1 Å². The zero-order chi connectivity index (χ0) is 13.0. The molecule has 0 N–H and O–H groups in total. The van der Waals surface area contributed by atoms with E-state index in [1.807, 2.05) is 0 Å². The zero-order valence-corrected chi connectivity index (χ0v) is 10.4. The third-order valence-corrected chi connectivity index (χ3v) is 3.03. The van der Waals surface area contributed by atoms with E-state index in [1.54, 1.807) is 7.05 Å². The van der Waals surface area contributed by atoms with E-state index >= 15 is 0 Å². The molecule has 1 unspecified atom stereocenters. The Morgan fingerprint density at radius 2 is 2.39 bits per heavy atom. The average Bonchev–Trinajstić information content (AvgIpc) is 2.39. The van der Waals surface area contributed by atoms with Crippen molar-refractivity contribution in [3.8, 4) is 0 Å². The van der Waals surface area contributed by atoms with Crippen molar-refractivity contribution < 1.29 is 13.9 Å². The predicted octanol–water partition coefficient (Wildman–Crippen LogP) is 1.86. The summed E-state index contributed by atoms with van der Waals surface area (Å²) in [4.78, 5) is 17.1. The topological polar surface area (TPSA) is 42.4 Å². The van der Waals surface area contributed by atoms with Crippen LogP contribution in [0.2, 0.25) is 0 Å². The number of hydrogen-bond acceptors (Lipinski definition) is 3. The van der Waals surface area contributed by atoms with E-state index in [2.05, 4.69) is 4.98 Å². The number of halogens is 1. The summed E-state index contributed by atoms with van der Waals surface area (Å²) in [5.74, 6) is -0.910. The van der Waals surface area contributed by atoms with Gasteiger partial charge in [0.2, 0.25) is 5.95 Å². The molecule has 0 spiro atoms. The lowest BCUT2D eigenvalue weighted by Crippen LogP contribution is -2.37. The number of likely N-dealkylation sites (N-methyl/N-ethyl adjacent to an activating group) is 1. The first-order valence-corrected chi connectivity index (χ1v) is 6.16. The quantitative estimate of drug-likeness (QED) is 0.771. The van der Waals surface area contributed by atoms with Gasteiger partial charge in [-0.25, -0.2) is 4.98 Å². The van der Waals surface area contributed by atoms with Gasteiger partial charge in [-0.15, -0.1) is 0 Å². The average molecular weight is 252 g/mol. The molecule has 0 bridgehead atoms. The van der Waals surface area contributed by atoms with Gasteiger partial charge in [-0.1, -0.05) is 6.07 Å². The number of amides is 1. The third-order valence-electron chi connectivity index (χ3n) is 3.03.